The Morgan fingerprint density at radius 3 is 2.31 bits per heavy atom. The summed E-state index contributed by atoms with van der Waals surface area (Å²) < 4.78 is 11.0. The zero-order valence-electron chi connectivity index (χ0n) is 22.6. The van der Waals surface area contributed by atoms with E-state index in [0.29, 0.717) is 43.4 Å². The highest BCUT2D eigenvalue weighted by molar-refractivity contribution is 6.46. The maximum atomic E-state index is 13.3. The number of nitrogens with zero attached hydrogens (tertiary/aromatic N) is 1. The Morgan fingerprint density at radius 2 is 1.75 bits per heavy atom. The summed E-state index contributed by atoms with van der Waals surface area (Å²) in [6.07, 6.45) is 0.584. The number of carbonyl (C=O) groups is 2. The van der Waals surface area contributed by atoms with E-state index in [1.807, 2.05) is 37.3 Å². The van der Waals surface area contributed by atoms with Crippen LogP contribution in [0.1, 0.15) is 69.3 Å². The van der Waals surface area contributed by atoms with Gasteiger partial charge in [0.2, 0.25) is 0 Å². The van der Waals surface area contributed by atoms with Gasteiger partial charge in [-0.05, 0) is 59.6 Å². The summed E-state index contributed by atoms with van der Waals surface area (Å²) in [6.45, 7) is 13.8. The molecule has 0 aromatic heterocycles. The molecular weight excluding hydrogens is 454 g/mol. The fraction of sp³-hybridized carbons (Fsp3) is 0.467. The van der Waals surface area contributed by atoms with Crippen LogP contribution in [0.15, 0.2) is 48.0 Å². The standard InChI is InChI=1S/C30H39NO5/c1-19(2)18-36-23-13-14-24(20(3)17-23)27(32)25-26(21-9-11-22(12-10-21)30(4,5)6)31(15-8-16-35-7)29(34)28(25)33/h9-14,17,19,26,32H,8,15-16,18H2,1-7H3/b27-25+. The maximum Gasteiger partial charge on any atom is 0.295 e. The van der Waals surface area contributed by atoms with Gasteiger partial charge < -0.3 is 19.5 Å². The van der Waals surface area contributed by atoms with E-state index in [-0.39, 0.29) is 16.7 Å². The lowest BCUT2D eigenvalue weighted by Gasteiger charge is -2.26. The van der Waals surface area contributed by atoms with Crippen molar-refractivity contribution >= 4 is 17.4 Å². The molecule has 1 aliphatic heterocycles. The van der Waals surface area contributed by atoms with Crippen LogP contribution in [0.2, 0.25) is 0 Å². The summed E-state index contributed by atoms with van der Waals surface area (Å²) in [7, 11) is 1.61. The summed E-state index contributed by atoms with van der Waals surface area (Å²) in [4.78, 5) is 27.9. The minimum absolute atomic E-state index is 0.0324. The molecule has 194 valence electrons. The van der Waals surface area contributed by atoms with Crippen molar-refractivity contribution in [3.63, 3.8) is 0 Å². The van der Waals surface area contributed by atoms with E-state index in [1.165, 1.54) is 0 Å². The van der Waals surface area contributed by atoms with Crippen LogP contribution < -0.4 is 4.74 Å². The number of hydrogen-bond donors (Lipinski definition) is 1. The third-order valence-electron chi connectivity index (χ3n) is 6.42. The molecule has 0 spiro atoms. The molecule has 1 saturated heterocycles. The zero-order valence-corrected chi connectivity index (χ0v) is 22.6. The summed E-state index contributed by atoms with van der Waals surface area (Å²) in [5.74, 6) is -0.355. The molecule has 0 radical (unpaired) electrons. The van der Waals surface area contributed by atoms with E-state index in [9.17, 15) is 14.7 Å². The molecule has 1 atom stereocenters. The predicted octanol–water partition coefficient (Wildman–Crippen LogP) is 5.79. The molecular formula is C30H39NO5. The molecule has 0 bridgehead atoms. The van der Waals surface area contributed by atoms with Crippen molar-refractivity contribution < 1.29 is 24.2 Å². The number of methoxy groups -OCH3 is 1. The molecule has 1 heterocycles. The van der Waals surface area contributed by atoms with Gasteiger partial charge in [-0.25, -0.2) is 0 Å². The van der Waals surface area contributed by atoms with Gasteiger partial charge in [0.15, 0.2) is 0 Å². The number of hydrogen-bond acceptors (Lipinski definition) is 5. The molecule has 0 saturated carbocycles. The van der Waals surface area contributed by atoms with Crippen molar-refractivity contribution in [3.05, 3.63) is 70.3 Å². The Hall–Kier alpha value is -3.12. The minimum Gasteiger partial charge on any atom is -0.507 e. The monoisotopic (exact) mass is 493 g/mol. The SMILES string of the molecule is COCCCN1C(=O)C(=O)/C(=C(/O)c2ccc(OCC(C)C)cc2C)C1c1ccc(C(C)(C)C)cc1. The normalized spacial score (nSPS) is 17.8. The number of aliphatic hydroxyl groups is 1. The third-order valence-corrected chi connectivity index (χ3v) is 6.42. The molecule has 0 aliphatic carbocycles. The van der Waals surface area contributed by atoms with Crippen LogP contribution in [0.5, 0.6) is 5.75 Å². The Kier molecular flexibility index (Phi) is 8.62. The first kappa shape index (κ1) is 27.5. The second-order valence-electron chi connectivity index (χ2n) is 10.9. The van der Waals surface area contributed by atoms with Crippen LogP contribution in [0.4, 0.5) is 0 Å². The first-order valence-electron chi connectivity index (χ1n) is 12.6. The quantitative estimate of drug-likeness (QED) is 0.207. The summed E-state index contributed by atoms with van der Waals surface area (Å²) >= 11 is 0. The number of ether oxygens (including phenoxy) is 2. The van der Waals surface area contributed by atoms with Crippen LogP contribution in [0.3, 0.4) is 0 Å². The molecule has 1 N–H and O–H groups in total. The highest BCUT2D eigenvalue weighted by atomic mass is 16.5. The van der Waals surface area contributed by atoms with Crippen LogP contribution in [0, 0.1) is 12.8 Å². The van der Waals surface area contributed by atoms with Gasteiger partial charge in [-0.1, -0.05) is 58.9 Å². The first-order valence-corrected chi connectivity index (χ1v) is 12.6. The van der Waals surface area contributed by atoms with E-state index >= 15 is 0 Å². The molecule has 1 fully saturated rings. The molecule has 3 rings (SSSR count). The van der Waals surface area contributed by atoms with E-state index in [1.54, 1.807) is 24.1 Å². The fourth-order valence-electron chi connectivity index (χ4n) is 4.40. The number of aliphatic hydroxyl groups excluding tert-OH is 1. The van der Waals surface area contributed by atoms with Gasteiger partial charge in [0.25, 0.3) is 11.7 Å². The molecule has 2 aromatic carbocycles. The number of benzene rings is 2. The van der Waals surface area contributed by atoms with Crippen LogP contribution >= 0.6 is 0 Å². The van der Waals surface area contributed by atoms with Crippen molar-refractivity contribution in [2.24, 2.45) is 5.92 Å². The maximum absolute atomic E-state index is 13.3. The third kappa shape index (κ3) is 5.98. The van der Waals surface area contributed by atoms with Gasteiger partial charge in [0.05, 0.1) is 18.2 Å². The van der Waals surface area contributed by atoms with Crippen LogP contribution in [-0.2, 0) is 19.7 Å². The average molecular weight is 494 g/mol. The topological polar surface area (TPSA) is 76.1 Å². The number of Topliss-reactive ketones (excluding diaryl/α,β-unsaturated/α-hetero) is 1. The molecule has 1 aliphatic rings. The molecule has 36 heavy (non-hydrogen) atoms. The highest BCUT2D eigenvalue weighted by Crippen LogP contribution is 2.40. The van der Waals surface area contributed by atoms with E-state index < -0.39 is 17.7 Å². The zero-order chi connectivity index (χ0) is 26.6. The lowest BCUT2D eigenvalue weighted by molar-refractivity contribution is -0.140. The number of likely N-dealkylation sites (tertiary alicyclic amines) is 1. The van der Waals surface area contributed by atoms with Crippen LogP contribution in [-0.4, -0.2) is 48.6 Å². The van der Waals surface area contributed by atoms with Crippen molar-refractivity contribution in [1.29, 1.82) is 0 Å². The van der Waals surface area contributed by atoms with E-state index in [4.69, 9.17) is 9.47 Å². The second kappa shape index (κ2) is 11.3. The number of ketones is 1. The number of carbonyl (C=O) groups excluding carboxylic acids is 2. The Morgan fingerprint density at radius 1 is 1.08 bits per heavy atom. The van der Waals surface area contributed by atoms with Crippen molar-refractivity contribution in [2.45, 2.75) is 59.4 Å². The molecule has 1 unspecified atom stereocenters. The van der Waals surface area contributed by atoms with Gasteiger partial charge in [0.1, 0.15) is 11.5 Å². The van der Waals surface area contributed by atoms with E-state index in [2.05, 4.69) is 34.6 Å². The van der Waals surface area contributed by atoms with Crippen molar-refractivity contribution in [1.82, 2.24) is 4.90 Å². The summed E-state index contributed by atoms with van der Waals surface area (Å²) in [5, 5.41) is 11.4. The predicted molar refractivity (Wildman–Crippen MR) is 142 cm³/mol. The first-order chi connectivity index (χ1) is 17.0. The van der Waals surface area contributed by atoms with Gasteiger partial charge >= 0.3 is 0 Å². The fourth-order valence-corrected chi connectivity index (χ4v) is 4.40. The van der Waals surface area contributed by atoms with E-state index in [0.717, 1.165) is 16.7 Å². The van der Waals surface area contributed by atoms with Crippen LogP contribution in [0.25, 0.3) is 5.76 Å². The highest BCUT2D eigenvalue weighted by Gasteiger charge is 2.46. The molecule has 2 aromatic rings. The van der Waals surface area contributed by atoms with Gasteiger partial charge in [-0.15, -0.1) is 0 Å². The summed E-state index contributed by atoms with van der Waals surface area (Å²) in [6, 6.07) is 12.6. The molecule has 6 heteroatoms. The number of rotatable bonds is 9. The van der Waals surface area contributed by atoms with Crippen molar-refractivity contribution in [3.8, 4) is 5.75 Å². The summed E-state index contributed by atoms with van der Waals surface area (Å²) in [5.41, 5.74) is 3.29. The smallest absolute Gasteiger partial charge is 0.295 e. The van der Waals surface area contributed by atoms with Crippen molar-refractivity contribution in [2.75, 3.05) is 26.9 Å². The second-order valence-corrected chi connectivity index (χ2v) is 10.9. The number of amides is 1. The lowest BCUT2D eigenvalue weighted by atomic mass is 9.85. The number of aryl methyl sites for hydroxylation is 1. The Bertz CT molecular complexity index is 1130. The minimum atomic E-state index is -0.674. The van der Waals surface area contributed by atoms with Gasteiger partial charge in [-0.2, -0.15) is 0 Å². The largest absolute Gasteiger partial charge is 0.507 e. The average Bonchev–Trinajstić information content (AvgIpc) is 3.07. The lowest BCUT2D eigenvalue weighted by Crippen LogP contribution is -2.31. The van der Waals surface area contributed by atoms with Gasteiger partial charge in [0, 0.05) is 25.8 Å². The Balaban J connectivity index is 2.08. The Labute approximate surface area is 214 Å². The van der Waals surface area contributed by atoms with Gasteiger partial charge in [-0.3, -0.25) is 9.59 Å². The molecule has 6 nitrogen and oxygen atoms in total. The molecule has 1 amide bonds.